The van der Waals surface area contributed by atoms with Gasteiger partial charge >= 0.3 is 5.97 Å². The molecule has 18 heteroatoms. The molecule has 0 bridgehead atoms. The lowest BCUT2D eigenvalue weighted by atomic mass is 10.0. The number of guanidine groups is 1. The lowest BCUT2D eigenvalue weighted by molar-refractivity contribution is -0.149. The number of hydrogen-bond donors (Lipinski definition) is 10. The van der Waals surface area contributed by atoms with Gasteiger partial charge in [-0.25, -0.2) is 4.79 Å². The summed E-state index contributed by atoms with van der Waals surface area (Å²) in [5.41, 5.74) is 18.0. The standard InChI is InChI=1S/C38H55N9O8S/c1-2-3-11-27(44-33(50)28(12-7-18-42-38(40)41)43-32(49)26(39)22-56)34(51)45-29(20-24-14-16-25(48)17-15-24)35(52)46-30(21-23-9-5-4-6-10-23)36(53)47-19-8-13-31(47)37(54)55/h4-6,9-10,14-17,26-31,48,56H,2-3,7-8,11-13,18-22,39H2,1H3,(H,43,49)(H,44,50)(H,45,51)(H,46,52)(H,54,55)(H4,40,41,42)/t26-,27-,28-,29-,30-,31-/m0/s1. The van der Waals surface area contributed by atoms with E-state index in [0.717, 1.165) is 0 Å². The number of thiol groups is 1. The molecule has 0 saturated carbocycles. The molecule has 0 spiro atoms. The van der Waals surface area contributed by atoms with E-state index in [1.54, 1.807) is 42.5 Å². The normalized spacial score (nSPS) is 16.3. The van der Waals surface area contributed by atoms with Gasteiger partial charge in [-0.05, 0) is 55.4 Å². The highest BCUT2D eigenvalue weighted by Crippen LogP contribution is 2.20. The maximum absolute atomic E-state index is 14.2. The summed E-state index contributed by atoms with van der Waals surface area (Å²) in [5, 5.41) is 30.6. The molecule has 17 nitrogen and oxygen atoms in total. The van der Waals surface area contributed by atoms with Gasteiger partial charge in [0, 0.05) is 31.7 Å². The number of phenols is 1. The molecular formula is C38H55N9O8S. The zero-order valence-corrected chi connectivity index (χ0v) is 32.5. The molecule has 6 atom stereocenters. The Hall–Kier alpha value is -5.36. The molecule has 0 unspecified atom stereocenters. The van der Waals surface area contributed by atoms with E-state index in [4.69, 9.17) is 17.2 Å². The van der Waals surface area contributed by atoms with Gasteiger partial charge in [0.25, 0.3) is 0 Å². The molecule has 1 aliphatic heterocycles. The first-order valence-corrected chi connectivity index (χ1v) is 19.4. The summed E-state index contributed by atoms with van der Waals surface area (Å²) >= 11 is 4.06. The third-order valence-corrected chi connectivity index (χ3v) is 9.71. The average molecular weight is 798 g/mol. The van der Waals surface area contributed by atoms with Crippen LogP contribution in [-0.2, 0) is 41.6 Å². The summed E-state index contributed by atoms with van der Waals surface area (Å²) in [7, 11) is 0. The minimum Gasteiger partial charge on any atom is -0.508 e. The number of nitrogens with two attached hydrogens (primary N) is 3. The molecule has 306 valence electrons. The number of hydrogen-bond acceptors (Lipinski definition) is 10. The number of carboxylic acid groups (broad SMARTS) is 1. The number of unbranched alkanes of at least 4 members (excludes halogenated alkanes) is 1. The maximum atomic E-state index is 14.2. The highest BCUT2D eigenvalue weighted by atomic mass is 32.1. The van der Waals surface area contributed by atoms with E-state index in [1.165, 1.54) is 17.0 Å². The first-order chi connectivity index (χ1) is 26.7. The van der Waals surface area contributed by atoms with Gasteiger partial charge in [0.1, 0.15) is 36.0 Å². The van der Waals surface area contributed by atoms with E-state index in [9.17, 15) is 39.0 Å². The smallest absolute Gasteiger partial charge is 0.326 e. The zero-order valence-electron chi connectivity index (χ0n) is 31.6. The Morgan fingerprint density at radius 3 is 1.93 bits per heavy atom. The van der Waals surface area contributed by atoms with Crippen LogP contribution < -0.4 is 38.5 Å². The van der Waals surface area contributed by atoms with Gasteiger partial charge in [0.2, 0.25) is 29.5 Å². The number of aliphatic carboxylic acids is 1. The minimum atomic E-state index is -1.28. The fourth-order valence-corrected chi connectivity index (χ4v) is 6.41. The molecule has 2 aromatic carbocycles. The number of carbonyl (C=O) groups is 6. The lowest BCUT2D eigenvalue weighted by Gasteiger charge is -2.29. The quantitative estimate of drug-likeness (QED) is 0.0319. The van der Waals surface area contributed by atoms with Gasteiger partial charge in [-0.15, -0.1) is 0 Å². The SMILES string of the molecule is CCCC[C@H](NC(=O)[C@H](CCCN=C(N)N)NC(=O)[C@@H](N)CS)C(=O)N[C@@H](Cc1ccc(O)cc1)C(=O)N[C@@H](Cc1ccccc1)C(=O)N1CCC[C@H]1C(=O)O. The van der Waals surface area contributed by atoms with E-state index >= 15 is 0 Å². The summed E-state index contributed by atoms with van der Waals surface area (Å²) in [6, 6.07) is 8.20. The molecule has 3 rings (SSSR count). The molecule has 1 heterocycles. The molecule has 1 fully saturated rings. The van der Waals surface area contributed by atoms with Crippen LogP contribution in [0.1, 0.15) is 63.0 Å². The Kier molecular flexibility index (Phi) is 18.4. The van der Waals surface area contributed by atoms with Crippen LogP contribution in [0.5, 0.6) is 5.75 Å². The Bertz CT molecular complexity index is 1660. The second-order valence-electron chi connectivity index (χ2n) is 13.7. The number of phenolic OH excluding ortho intramolecular Hbond substituents is 1. The van der Waals surface area contributed by atoms with Gasteiger partial charge < -0.3 is 53.6 Å². The highest BCUT2D eigenvalue weighted by Gasteiger charge is 2.39. The van der Waals surface area contributed by atoms with E-state index < -0.39 is 71.8 Å². The first-order valence-electron chi connectivity index (χ1n) is 18.7. The number of aromatic hydroxyl groups is 1. The van der Waals surface area contributed by atoms with Crippen LogP contribution >= 0.6 is 12.6 Å². The third kappa shape index (κ3) is 14.4. The summed E-state index contributed by atoms with van der Waals surface area (Å²) in [6.45, 7) is 2.29. The molecule has 5 amide bonds. The Morgan fingerprint density at radius 2 is 1.34 bits per heavy atom. The molecule has 0 radical (unpaired) electrons. The molecule has 0 aromatic heterocycles. The van der Waals surface area contributed by atoms with E-state index in [2.05, 4.69) is 38.9 Å². The van der Waals surface area contributed by atoms with Crippen molar-refractivity contribution in [1.82, 2.24) is 26.2 Å². The van der Waals surface area contributed by atoms with Crippen LogP contribution in [0.15, 0.2) is 59.6 Å². The number of nitrogens with one attached hydrogen (secondary N) is 4. The second kappa shape index (κ2) is 22.9. The number of rotatable bonds is 22. The van der Waals surface area contributed by atoms with Crippen molar-refractivity contribution in [2.45, 2.75) is 101 Å². The van der Waals surface area contributed by atoms with Crippen molar-refractivity contribution in [3.05, 3.63) is 65.7 Å². The Balaban J connectivity index is 1.91. The minimum absolute atomic E-state index is 0.0106. The van der Waals surface area contributed by atoms with E-state index in [-0.39, 0.29) is 62.7 Å². The van der Waals surface area contributed by atoms with Crippen LogP contribution in [0, 0.1) is 0 Å². The molecular weight excluding hydrogens is 743 g/mol. The predicted molar refractivity (Wildman–Crippen MR) is 213 cm³/mol. The number of carbonyl (C=O) groups excluding carboxylic acids is 5. The maximum Gasteiger partial charge on any atom is 0.326 e. The highest BCUT2D eigenvalue weighted by molar-refractivity contribution is 7.80. The summed E-state index contributed by atoms with van der Waals surface area (Å²) in [5.74, 6) is -4.54. The van der Waals surface area contributed by atoms with Crippen molar-refractivity contribution >= 4 is 54.1 Å². The van der Waals surface area contributed by atoms with Gasteiger partial charge in [-0.1, -0.05) is 62.2 Å². The molecule has 1 saturated heterocycles. The fraction of sp³-hybridized carbons (Fsp3) is 0.500. The van der Waals surface area contributed by atoms with E-state index in [1.807, 2.05) is 6.92 Å². The van der Waals surface area contributed by atoms with E-state index in [0.29, 0.717) is 36.8 Å². The van der Waals surface area contributed by atoms with Crippen LogP contribution in [0.25, 0.3) is 0 Å². The average Bonchev–Trinajstić information content (AvgIpc) is 3.68. The van der Waals surface area contributed by atoms with Gasteiger partial charge in [-0.3, -0.25) is 29.0 Å². The monoisotopic (exact) mass is 797 g/mol. The van der Waals surface area contributed by atoms with Crippen molar-refractivity contribution in [3.8, 4) is 5.75 Å². The lowest BCUT2D eigenvalue weighted by Crippen LogP contribution is -2.60. The molecule has 1 aliphatic rings. The fourth-order valence-electron chi connectivity index (χ4n) is 6.24. The topological polar surface area (TPSA) is 285 Å². The van der Waals surface area contributed by atoms with Crippen molar-refractivity contribution in [2.75, 3.05) is 18.8 Å². The van der Waals surface area contributed by atoms with Crippen molar-refractivity contribution in [2.24, 2.45) is 22.2 Å². The zero-order chi connectivity index (χ0) is 41.2. The molecule has 2 aromatic rings. The number of benzene rings is 2. The van der Waals surface area contributed by atoms with Crippen molar-refractivity contribution in [3.63, 3.8) is 0 Å². The predicted octanol–water partition coefficient (Wildman–Crippen LogP) is -0.307. The number of nitrogens with zero attached hydrogens (tertiary/aromatic N) is 2. The number of aliphatic imine (C=N–C) groups is 1. The van der Waals surface area contributed by atoms with Crippen LogP contribution in [0.4, 0.5) is 0 Å². The van der Waals surface area contributed by atoms with Gasteiger partial charge in [0.05, 0.1) is 6.04 Å². The summed E-state index contributed by atoms with van der Waals surface area (Å²) < 4.78 is 0. The molecule has 12 N–H and O–H groups in total. The van der Waals surface area contributed by atoms with Crippen molar-refractivity contribution < 1.29 is 39.0 Å². The number of likely N-dealkylation sites (tertiary alicyclic amines) is 1. The Morgan fingerprint density at radius 1 is 0.804 bits per heavy atom. The third-order valence-electron chi connectivity index (χ3n) is 9.32. The summed E-state index contributed by atoms with van der Waals surface area (Å²) in [6.07, 6.45) is 2.55. The largest absolute Gasteiger partial charge is 0.508 e. The number of carboxylic acids is 1. The molecule has 56 heavy (non-hydrogen) atoms. The first kappa shape index (κ1) is 45.0. The van der Waals surface area contributed by atoms with Crippen LogP contribution in [-0.4, -0.2) is 112 Å². The van der Waals surface area contributed by atoms with Gasteiger partial charge in [-0.2, -0.15) is 12.6 Å². The second-order valence-corrected chi connectivity index (χ2v) is 14.1. The van der Waals surface area contributed by atoms with Crippen LogP contribution in [0.2, 0.25) is 0 Å². The Labute approximate surface area is 332 Å². The summed E-state index contributed by atoms with van der Waals surface area (Å²) in [4.78, 5) is 85.8. The van der Waals surface area contributed by atoms with Crippen LogP contribution in [0.3, 0.4) is 0 Å². The molecule has 0 aliphatic carbocycles. The number of amides is 5. The van der Waals surface area contributed by atoms with Gasteiger partial charge in [0.15, 0.2) is 5.96 Å². The van der Waals surface area contributed by atoms with Crippen molar-refractivity contribution in [1.29, 1.82) is 0 Å².